The zero-order chi connectivity index (χ0) is 16.2. The smallest absolute Gasteiger partial charge is 0.336 e. The lowest BCUT2D eigenvalue weighted by molar-refractivity contribution is 0.0695. The van der Waals surface area contributed by atoms with Crippen LogP contribution in [0.1, 0.15) is 44.0 Å². The Labute approximate surface area is 133 Å². The monoisotopic (exact) mass is 377 g/mol. The van der Waals surface area contributed by atoms with Gasteiger partial charge in [0.05, 0.1) is 10.5 Å². The second-order valence-corrected chi connectivity index (χ2v) is 7.50. The van der Waals surface area contributed by atoms with Crippen LogP contribution >= 0.6 is 15.9 Å². The van der Waals surface area contributed by atoms with Gasteiger partial charge in [0, 0.05) is 10.5 Å². The molecule has 0 radical (unpaired) electrons. The Bertz CT molecular complexity index is 611. The molecule has 1 atom stereocenters. The van der Waals surface area contributed by atoms with Crippen molar-refractivity contribution in [2.75, 3.05) is 0 Å². The zero-order valence-corrected chi connectivity index (χ0v) is 14.7. The van der Waals surface area contributed by atoms with Crippen LogP contribution in [0.25, 0.3) is 0 Å². The number of halogens is 1. The molecule has 0 aromatic heterocycles. The van der Waals surface area contributed by atoms with E-state index in [1.807, 2.05) is 20.8 Å². The third-order valence-corrected chi connectivity index (χ3v) is 5.82. The number of carboxylic acid groups (broad SMARTS) is 1. The number of hydrogen-bond donors (Lipinski definition) is 2. The maximum absolute atomic E-state index is 12.3. The molecule has 5 nitrogen and oxygen atoms in total. The van der Waals surface area contributed by atoms with Crippen LogP contribution in [0.3, 0.4) is 0 Å². The van der Waals surface area contributed by atoms with E-state index < -0.39 is 16.0 Å². The number of carboxylic acids is 1. The fourth-order valence-electron chi connectivity index (χ4n) is 2.24. The lowest BCUT2D eigenvalue weighted by atomic mass is 9.96. The third-order valence-electron chi connectivity index (χ3n) is 3.58. The molecule has 2 N–H and O–H groups in total. The Morgan fingerprint density at radius 2 is 1.90 bits per heavy atom. The summed E-state index contributed by atoms with van der Waals surface area (Å²) in [6, 6.07) is 3.77. The Balaban J connectivity index is 3.09. The highest BCUT2D eigenvalue weighted by molar-refractivity contribution is 9.10. The van der Waals surface area contributed by atoms with Crippen LogP contribution in [0.5, 0.6) is 0 Å². The van der Waals surface area contributed by atoms with Crippen molar-refractivity contribution in [2.24, 2.45) is 5.92 Å². The van der Waals surface area contributed by atoms with Gasteiger partial charge in [-0.25, -0.2) is 17.9 Å². The third kappa shape index (κ3) is 4.52. The topological polar surface area (TPSA) is 83.5 Å². The summed E-state index contributed by atoms with van der Waals surface area (Å²) in [4.78, 5) is 11.0. The van der Waals surface area contributed by atoms with Gasteiger partial charge in [-0.2, -0.15) is 0 Å². The first-order valence-corrected chi connectivity index (χ1v) is 9.05. The van der Waals surface area contributed by atoms with E-state index in [9.17, 15) is 13.2 Å². The van der Waals surface area contributed by atoms with Crippen LogP contribution in [0.2, 0.25) is 0 Å². The molecule has 0 aliphatic carbocycles. The average molecular weight is 378 g/mol. The molecule has 0 heterocycles. The molecule has 0 fully saturated rings. The molecule has 0 aliphatic heterocycles. The Morgan fingerprint density at radius 3 is 2.38 bits per heavy atom. The van der Waals surface area contributed by atoms with E-state index in [1.54, 1.807) is 0 Å². The molecule has 0 saturated heterocycles. The average Bonchev–Trinajstić information content (AvgIpc) is 2.39. The summed E-state index contributed by atoms with van der Waals surface area (Å²) in [6.07, 6.45) is 1.75. The number of hydrogen-bond acceptors (Lipinski definition) is 3. The second kappa shape index (κ2) is 7.38. The van der Waals surface area contributed by atoms with Gasteiger partial charge in [-0.15, -0.1) is 0 Å². The predicted octanol–water partition coefficient (Wildman–Crippen LogP) is 3.25. The lowest BCUT2D eigenvalue weighted by Crippen LogP contribution is -2.37. The van der Waals surface area contributed by atoms with Gasteiger partial charge in [-0.1, -0.05) is 26.7 Å². The van der Waals surface area contributed by atoms with Crippen molar-refractivity contribution in [3.63, 3.8) is 0 Å². The van der Waals surface area contributed by atoms with Crippen LogP contribution in [-0.4, -0.2) is 25.5 Å². The maximum Gasteiger partial charge on any atom is 0.336 e. The van der Waals surface area contributed by atoms with E-state index in [0.717, 1.165) is 18.9 Å². The molecule has 1 aromatic carbocycles. The number of carbonyl (C=O) groups is 1. The Hall–Kier alpha value is -0.920. The van der Waals surface area contributed by atoms with Crippen LogP contribution in [0, 0.1) is 5.92 Å². The minimum Gasteiger partial charge on any atom is -0.478 e. The predicted molar refractivity (Wildman–Crippen MR) is 85.0 cm³/mol. The van der Waals surface area contributed by atoms with Gasteiger partial charge in [-0.3, -0.25) is 0 Å². The summed E-state index contributed by atoms with van der Waals surface area (Å²) >= 11 is 3.10. The van der Waals surface area contributed by atoms with Crippen molar-refractivity contribution >= 4 is 31.9 Å². The number of rotatable bonds is 7. The SMILES string of the molecule is CCC(CC)C(C)NS(=O)(=O)c1ccc(Br)c(C(=O)O)c1. The van der Waals surface area contributed by atoms with Crippen LogP contribution in [-0.2, 0) is 10.0 Å². The van der Waals surface area contributed by atoms with E-state index >= 15 is 0 Å². The van der Waals surface area contributed by atoms with Gasteiger partial charge < -0.3 is 5.11 Å². The summed E-state index contributed by atoms with van der Waals surface area (Å²) < 4.78 is 27.7. The molecule has 1 unspecified atom stereocenters. The van der Waals surface area contributed by atoms with Crippen LogP contribution < -0.4 is 4.72 Å². The van der Waals surface area contributed by atoms with Gasteiger partial charge in [0.1, 0.15) is 0 Å². The molecular weight excluding hydrogens is 358 g/mol. The molecular formula is C14H20BrNO4S. The number of aromatic carboxylic acids is 1. The fourth-order valence-corrected chi connectivity index (χ4v) is 3.99. The largest absolute Gasteiger partial charge is 0.478 e. The van der Waals surface area contributed by atoms with Crippen molar-refractivity contribution < 1.29 is 18.3 Å². The second-order valence-electron chi connectivity index (χ2n) is 4.93. The molecule has 0 spiro atoms. The molecule has 1 aromatic rings. The van der Waals surface area contributed by atoms with E-state index in [4.69, 9.17) is 5.11 Å². The van der Waals surface area contributed by atoms with E-state index in [0.29, 0.717) is 4.47 Å². The first kappa shape index (κ1) is 18.1. The first-order valence-electron chi connectivity index (χ1n) is 6.78. The van der Waals surface area contributed by atoms with Crippen molar-refractivity contribution in [3.8, 4) is 0 Å². The van der Waals surface area contributed by atoms with Gasteiger partial charge in [-0.05, 0) is 47.0 Å². The molecule has 0 amide bonds. The lowest BCUT2D eigenvalue weighted by Gasteiger charge is -2.22. The fraction of sp³-hybridized carbons (Fsp3) is 0.500. The van der Waals surface area contributed by atoms with Crippen LogP contribution in [0.4, 0.5) is 0 Å². The highest BCUT2D eigenvalue weighted by Crippen LogP contribution is 2.22. The number of benzene rings is 1. The van der Waals surface area contributed by atoms with Gasteiger partial charge >= 0.3 is 5.97 Å². The van der Waals surface area contributed by atoms with Gasteiger partial charge in [0.2, 0.25) is 10.0 Å². The summed E-state index contributed by atoms with van der Waals surface area (Å²) in [5, 5.41) is 9.06. The van der Waals surface area contributed by atoms with Crippen molar-refractivity contribution in [1.29, 1.82) is 0 Å². The van der Waals surface area contributed by atoms with Crippen molar-refractivity contribution in [1.82, 2.24) is 4.72 Å². The first-order chi connectivity index (χ1) is 9.72. The van der Waals surface area contributed by atoms with Gasteiger partial charge in [0.15, 0.2) is 0 Å². The van der Waals surface area contributed by atoms with E-state index in [1.165, 1.54) is 12.1 Å². The van der Waals surface area contributed by atoms with Crippen molar-refractivity contribution in [3.05, 3.63) is 28.2 Å². The van der Waals surface area contributed by atoms with Gasteiger partial charge in [0.25, 0.3) is 0 Å². The number of nitrogens with one attached hydrogen (secondary N) is 1. The summed E-state index contributed by atoms with van der Waals surface area (Å²) in [5.41, 5.74) is -0.0759. The summed E-state index contributed by atoms with van der Waals surface area (Å²) in [5.74, 6) is -0.930. The molecule has 1 rings (SSSR count). The quantitative estimate of drug-likeness (QED) is 0.763. The molecule has 0 aliphatic rings. The van der Waals surface area contributed by atoms with E-state index in [-0.39, 0.29) is 22.4 Å². The van der Waals surface area contributed by atoms with E-state index in [2.05, 4.69) is 20.7 Å². The highest BCUT2D eigenvalue weighted by Gasteiger charge is 2.23. The molecule has 7 heteroatoms. The minimum absolute atomic E-state index is 0.0408. The summed E-state index contributed by atoms with van der Waals surface area (Å²) in [7, 11) is -3.73. The normalized spacial score (nSPS) is 13.4. The molecule has 118 valence electrons. The standard InChI is InChI=1S/C14H20BrNO4S/c1-4-10(5-2)9(3)16-21(19,20)11-6-7-13(15)12(8-11)14(17)18/h6-10,16H,4-5H2,1-3H3,(H,17,18). The zero-order valence-electron chi connectivity index (χ0n) is 12.3. The Morgan fingerprint density at radius 1 is 1.33 bits per heavy atom. The summed E-state index contributed by atoms with van der Waals surface area (Å²) in [6.45, 7) is 5.86. The van der Waals surface area contributed by atoms with Crippen LogP contribution in [0.15, 0.2) is 27.6 Å². The maximum atomic E-state index is 12.3. The highest BCUT2D eigenvalue weighted by atomic mass is 79.9. The number of sulfonamides is 1. The Kier molecular flexibility index (Phi) is 6.37. The molecule has 21 heavy (non-hydrogen) atoms. The molecule has 0 saturated carbocycles. The molecule has 0 bridgehead atoms. The van der Waals surface area contributed by atoms with Crippen molar-refractivity contribution in [2.45, 2.75) is 44.6 Å². The minimum atomic E-state index is -3.73.